The van der Waals surface area contributed by atoms with Crippen LogP contribution in [0.4, 0.5) is 5.69 Å². The Bertz CT molecular complexity index is 1530. The van der Waals surface area contributed by atoms with E-state index in [4.69, 9.17) is 4.52 Å². The van der Waals surface area contributed by atoms with E-state index in [2.05, 4.69) is 20.4 Å². The van der Waals surface area contributed by atoms with Gasteiger partial charge in [0.15, 0.2) is 5.82 Å². The number of hydrogen-bond acceptors (Lipinski definition) is 6. The molecule has 0 atom stereocenters. The number of carbonyl (C=O) groups excluding carboxylic acids is 2. The van der Waals surface area contributed by atoms with Crippen LogP contribution in [0.25, 0.3) is 22.4 Å². The van der Waals surface area contributed by atoms with Gasteiger partial charge in [0, 0.05) is 36.3 Å². The zero-order chi connectivity index (χ0) is 23.8. The van der Waals surface area contributed by atoms with E-state index >= 15 is 0 Å². The summed E-state index contributed by atoms with van der Waals surface area (Å²) in [6.45, 7) is 3.78. The van der Waals surface area contributed by atoms with Crippen molar-refractivity contribution in [3.8, 4) is 11.3 Å². The van der Waals surface area contributed by atoms with E-state index in [1.807, 2.05) is 31.2 Å². The summed E-state index contributed by atoms with van der Waals surface area (Å²) in [6, 6.07) is 16.3. The second-order valence-electron chi connectivity index (χ2n) is 8.09. The average Bonchev–Trinajstić information content (AvgIpc) is 3.44. The van der Waals surface area contributed by atoms with Crippen LogP contribution in [0.1, 0.15) is 37.8 Å². The van der Waals surface area contributed by atoms with Gasteiger partial charge in [0.1, 0.15) is 0 Å². The Labute approximate surface area is 195 Å². The number of amides is 1. The van der Waals surface area contributed by atoms with Gasteiger partial charge in [0.25, 0.3) is 11.6 Å². The van der Waals surface area contributed by atoms with Crippen LogP contribution < -0.4 is 5.32 Å². The van der Waals surface area contributed by atoms with Gasteiger partial charge in [-0.1, -0.05) is 35.0 Å². The largest absolute Gasteiger partial charge is 0.335 e. The van der Waals surface area contributed by atoms with E-state index < -0.39 is 0 Å². The standard InChI is InChI=1S/C26H21N5O3/c1-15-4-6-17(7-5-15)21-14-20(22-16(2)30-34-26(22)29-21)25(33)28-19-10-8-18(9-11-19)23(32)24-27-12-13-31(24)3/h4-14H,1-3H3,(H,28,33). The number of nitrogens with one attached hydrogen (secondary N) is 1. The lowest BCUT2D eigenvalue weighted by Gasteiger charge is -2.09. The third-order valence-corrected chi connectivity index (χ3v) is 5.64. The fourth-order valence-corrected chi connectivity index (χ4v) is 3.76. The van der Waals surface area contributed by atoms with Crippen molar-refractivity contribution in [2.24, 2.45) is 7.05 Å². The van der Waals surface area contributed by atoms with Crippen molar-refractivity contribution in [2.45, 2.75) is 13.8 Å². The summed E-state index contributed by atoms with van der Waals surface area (Å²) < 4.78 is 7.04. The second-order valence-corrected chi connectivity index (χ2v) is 8.09. The molecule has 0 aliphatic carbocycles. The molecular formula is C26H21N5O3. The number of fused-ring (bicyclic) bond motifs is 1. The first-order valence-electron chi connectivity index (χ1n) is 10.7. The molecule has 8 nitrogen and oxygen atoms in total. The summed E-state index contributed by atoms with van der Waals surface area (Å²) in [5, 5.41) is 7.46. The molecule has 0 aliphatic rings. The van der Waals surface area contributed by atoms with Gasteiger partial charge in [-0.25, -0.2) is 9.97 Å². The number of hydrogen-bond donors (Lipinski definition) is 1. The van der Waals surface area contributed by atoms with E-state index in [9.17, 15) is 9.59 Å². The molecule has 34 heavy (non-hydrogen) atoms. The molecule has 168 valence electrons. The summed E-state index contributed by atoms with van der Waals surface area (Å²) in [5.41, 5.74) is 4.94. The normalized spacial score (nSPS) is 11.0. The number of ketones is 1. The zero-order valence-electron chi connectivity index (χ0n) is 18.9. The first kappa shape index (κ1) is 21.3. The lowest BCUT2D eigenvalue weighted by molar-refractivity contribution is 0.102. The number of nitrogens with zero attached hydrogens (tertiary/aromatic N) is 4. The van der Waals surface area contributed by atoms with Crippen LogP contribution in [0.2, 0.25) is 0 Å². The minimum atomic E-state index is -0.324. The molecule has 1 amide bonds. The number of aromatic nitrogens is 4. The van der Waals surface area contributed by atoms with Gasteiger partial charge >= 0.3 is 0 Å². The first-order valence-corrected chi connectivity index (χ1v) is 10.7. The molecule has 3 heterocycles. The van der Waals surface area contributed by atoms with Gasteiger partial charge in [-0.3, -0.25) is 9.59 Å². The van der Waals surface area contributed by atoms with Gasteiger partial charge in [-0.05, 0) is 44.2 Å². The van der Waals surface area contributed by atoms with Crippen LogP contribution in [0.3, 0.4) is 0 Å². The number of pyridine rings is 1. The number of imidazole rings is 1. The zero-order valence-corrected chi connectivity index (χ0v) is 18.9. The van der Waals surface area contributed by atoms with Crippen LogP contribution in [-0.2, 0) is 7.05 Å². The van der Waals surface area contributed by atoms with Crippen LogP contribution >= 0.6 is 0 Å². The van der Waals surface area contributed by atoms with Crippen LogP contribution in [0.5, 0.6) is 0 Å². The molecule has 3 aromatic heterocycles. The summed E-state index contributed by atoms with van der Waals surface area (Å²) in [5.74, 6) is -0.165. The Hall–Kier alpha value is -4.59. The van der Waals surface area contributed by atoms with Gasteiger partial charge in [-0.15, -0.1) is 0 Å². The highest BCUT2D eigenvalue weighted by molar-refractivity contribution is 6.13. The van der Waals surface area contributed by atoms with Crippen molar-refractivity contribution in [2.75, 3.05) is 5.32 Å². The van der Waals surface area contributed by atoms with Crippen molar-refractivity contribution in [3.05, 3.63) is 95.2 Å². The Kier molecular flexibility index (Phi) is 5.25. The second kappa shape index (κ2) is 8.40. The quantitative estimate of drug-likeness (QED) is 0.388. The van der Waals surface area contributed by atoms with Crippen molar-refractivity contribution in [1.82, 2.24) is 19.7 Å². The maximum atomic E-state index is 13.3. The molecule has 5 aromatic rings. The molecule has 0 saturated carbocycles. The highest BCUT2D eigenvalue weighted by atomic mass is 16.5. The Morgan fingerprint density at radius 2 is 1.74 bits per heavy atom. The predicted octanol–water partition coefficient (Wildman–Crippen LogP) is 4.72. The number of rotatable bonds is 5. The molecule has 2 aromatic carbocycles. The van der Waals surface area contributed by atoms with Crippen molar-refractivity contribution in [1.29, 1.82) is 0 Å². The minimum absolute atomic E-state index is 0.191. The highest BCUT2D eigenvalue weighted by Crippen LogP contribution is 2.28. The maximum Gasteiger partial charge on any atom is 0.259 e. The van der Waals surface area contributed by atoms with Crippen LogP contribution in [0, 0.1) is 13.8 Å². The van der Waals surface area contributed by atoms with E-state index in [1.165, 1.54) is 0 Å². The summed E-state index contributed by atoms with van der Waals surface area (Å²) in [4.78, 5) is 34.6. The van der Waals surface area contributed by atoms with Crippen molar-refractivity contribution in [3.63, 3.8) is 0 Å². The summed E-state index contributed by atoms with van der Waals surface area (Å²) in [7, 11) is 1.77. The number of aryl methyl sites for hydroxylation is 3. The first-order chi connectivity index (χ1) is 16.4. The van der Waals surface area contributed by atoms with E-state index in [0.29, 0.717) is 45.1 Å². The fraction of sp³-hybridized carbons (Fsp3) is 0.115. The Balaban J connectivity index is 1.45. The molecule has 0 saturated heterocycles. The van der Waals surface area contributed by atoms with E-state index in [1.54, 1.807) is 61.3 Å². The van der Waals surface area contributed by atoms with E-state index in [0.717, 1.165) is 11.1 Å². The predicted molar refractivity (Wildman–Crippen MR) is 128 cm³/mol. The lowest BCUT2D eigenvalue weighted by atomic mass is 10.0. The SMILES string of the molecule is Cc1ccc(-c2cc(C(=O)Nc3ccc(C(=O)c4nccn4C)cc3)c3c(C)noc3n2)cc1. The minimum Gasteiger partial charge on any atom is -0.335 e. The highest BCUT2D eigenvalue weighted by Gasteiger charge is 2.20. The van der Waals surface area contributed by atoms with Gasteiger partial charge in [-0.2, -0.15) is 0 Å². The number of anilines is 1. The summed E-state index contributed by atoms with van der Waals surface area (Å²) in [6.07, 6.45) is 3.30. The van der Waals surface area contributed by atoms with Crippen molar-refractivity contribution < 1.29 is 14.1 Å². The molecule has 8 heteroatoms. The van der Waals surface area contributed by atoms with Crippen molar-refractivity contribution >= 4 is 28.5 Å². The molecule has 0 radical (unpaired) electrons. The third-order valence-electron chi connectivity index (χ3n) is 5.64. The van der Waals surface area contributed by atoms with Gasteiger partial charge < -0.3 is 14.4 Å². The molecule has 1 N–H and O–H groups in total. The molecular weight excluding hydrogens is 430 g/mol. The molecule has 0 unspecified atom stereocenters. The summed E-state index contributed by atoms with van der Waals surface area (Å²) >= 11 is 0. The van der Waals surface area contributed by atoms with Gasteiger partial charge in [0.2, 0.25) is 5.78 Å². The van der Waals surface area contributed by atoms with Crippen LogP contribution in [0.15, 0.2) is 71.5 Å². The lowest BCUT2D eigenvalue weighted by Crippen LogP contribution is -2.13. The smallest absolute Gasteiger partial charge is 0.259 e. The van der Waals surface area contributed by atoms with E-state index in [-0.39, 0.29) is 11.7 Å². The average molecular weight is 451 g/mol. The fourth-order valence-electron chi connectivity index (χ4n) is 3.76. The Morgan fingerprint density at radius 3 is 2.41 bits per heavy atom. The van der Waals surface area contributed by atoms with Gasteiger partial charge in [0.05, 0.1) is 22.3 Å². The molecule has 0 spiro atoms. The van der Waals surface area contributed by atoms with Crippen LogP contribution in [-0.4, -0.2) is 31.4 Å². The third kappa shape index (κ3) is 3.86. The topological polar surface area (TPSA) is 103 Å². The number of benzene rings is 2. The maximum absolute atomic E-state index is 13.3. The monoisotopic (exact) mass is 451 g/mol. The molecule has 0 aliphatic heterocycles. The Morgan fingerprint density at radius 1 is 1.00 bits per heavy atom. The molecule has 5 rings (SSSR count). The number of carbonyl (C=O) groups is 2. The molecule has 0 fully saturated rings. The molecule has 0 bridgehead atoms.